The highest BCUT2D eigenvalue weighted by molar-refractivity contribution is 7.80. The fourth-order valence-corrected chi connectivity index (χ4v) is 17.5. The largest absolute Gasteiger partial charge is 0.465 e. The Labute approximate surface area is 750 Å². The monoisotopic (exact) mass is 1790 g/mol. The van der Waals surface area contributed by atoms with E-state index in [0.29, 0.717) is 229 Å². The number of allylic oxidation sites excluding steroid dienone is 5. The van der Waals surface area contributed by atoms with Gasteiger partial charge in [0, 0.05) is 83.7 Å². The van der Waals surface area contributed by atoms with Crippen LogP contribution in [-0.4, -0.2) is 292 Å². The zero-order valence-electron chi connectivity index (χ0n) is 75.6. The normalized spacial score (nSPS) is 26.9. The van der Waals surface area contributed by atoms with Crippen molar-refractivity contribution in [1.82, 2.24) is 39.8 Å². The minimum Gasteiger partial charge on any atom is -0.465 e. The predicted octanol–water partition coefficient (Wildman–Crippen LogP) is 9.14. The summed E-state index contributed by atoms with van der Waals surface area (Å²) in [5.74, 6) is -7.32. The summed E-state index contributed by atoms with van der Waals surface area (Å²) in [6.45, 7) is 21.2. The number of oxazole rings is 1. The SMILES string of the molecule is CO[C@H]1C[C@@H]2CC[C@@H](C)[C@@](O)(O2)C(=O)C(=O)N2CCCC[C@H]2C(=O)O[C@H]([C@H](C)C[C@@H]2CC[C@@H](OC(=S)NCCOCCOCCOCCOCCOCCOCCOCCOCCC(=O)N3CCc4cc(Cn5nc(-c6ccc7oc(N)nc7c6)c6c(N)ncnc65)ccc4C3)[C@H](OC)C2)C[C@@H](O)[C@H](C)/C=C(\C)[C@@H](O)[C@@H](OC)C(=O)[C@H](C)C[C@H](C)/C=C/C=CC=C1C. The molecule has 1 aliphatic carbocycles. The van der Waals surface area contributed by atoms with E-state index in [9.17, 15) is 39.3 Å². The summed E-state index contributed by atoms with van der Waals surface area (Å²) in [4.78, 5) is 87.1. The van der Waals surface area contributed by atoms with E-state index in [-0.39, 0.29) is 78.6 Å². The van der Waals surface area contributed by atoms with E-state index < -0.39 is 83.9 Å². The average Bonchev–Trinajstić information content (AvgIpc) is 1.71. The minimum absolute atomic E-state index is 0.000103. The molecule has 0 unspecified atom stereocenters. The second-order valence-electron chi connectivity index (χ2n) is 34.1. The van der Waals surface area contributed by atoms with Crippen LogP contribution in [0.15, 0.2) is 94.7 Å². The highest BCUT2D eigenvalue weighted by atomic mass is 32.1. The summed E-state index contributed by atoms with van der Waals surface area (Å²) in [6.07, 6.45) is 13.0. The fraction of sp³-hybridized carbons (Fsp3) is 0.656. The molecule has 8 N–H and O–H groups in total. The maximum Gasteiger partial charge on any atom is 0.329 e. The Bertz CT molecular complexity index is 4470. The standard InChI is InChI=1S/C93H136N10O23S/c1-59-16-12-11-13-17-60(2)77(112-8)54-71-24-19-65(7)93(111,126-71)86(108)89(109)102-30-15-14-18-73(102)90(110)123-78(55-74(104)61(3)49-64(6)84(107)85(114-10)83(106)63(5)48-59)62(4)50-66-21-25-76(79(52-66)113-9)125-92(127)96-29-33-116-35-37-118-39-41-120-43-45-122-47-46-121-44-42-119-40-38-117-36-34-115-32-28-80(105)101-31-27-68-51-67(20-22-70(68)57-101)56-103-88-81(87(94)97-58-98-88)82(100-103)69-23-26-75-72(53-69)99-91(95)124-75/h11-13,16-17,20,22-23,26,49,51,53,58-59,61-63,65-66,71,73-74,76-79,84-85,104,107,111H,14-15,18-19,21,24-25,27-48,50,52,54-57H2,1-10H3,(H2,95,99)(H,96,127)(H2,94,97,98)/b13-11?,16-12+,60-17?,64-49+/t59-,61-,62-,63-,65-,66+,71+,73+,74-,76-,77+,78+,79-,84-,85+,93-/m1/s1. The van der Waals surface area contributed by atoms with Gasteiger partial charge in [-0.15, -0.1) is 0 Å². The van der Waals surface area contributed by atoms with Crippen molar-refractivity contribution in [3.63, 3.8) is 0 Å². The number of nitrogens with one attached hydrogen (secondary N) is 1. The molecule has 2 aromatic carbocycles. The number of esters is 1. The van der Waals surface area contributed by atoms with Crippen molar-refractivity contribution in [2.75, 3.05) is 158 Å². The number of nitrogens with zero attached hydrogens (tertiary/aromatic N) is 7. The quantitative estimate of drug-likeness (QED) is 0.00709. The minimum atomic E-state index is -2.46. The van der Waals surface area contributed by atoms with Crippen molar-refractivity contribution in [2.24, 2.45) is 35.5 Å². The molecule has 10 rings (SSSR count). The van der Waals surface area contributed by atoms with Crippen LogP contribution in [0.3, 0.4) is 0 Å². The van der Waals surface area contributed by atoms with E-state index in [1.165, 1.54) is 23.9 Å². The van der Waals surface area contributed by atoms with Crippen molar-refractivity contribution in [3.05, 3.63) is 107 Å². The molecule has 4 aliphatic heterocycles. The van der Waals surface area contributed by atoms with Gasteiger partial charge in [-0.25, -0.2) is 19.4 Å². The number of nitrogen functional groups attached to an aromatic ring is 2. The first kappa shape index (κ1) is 101. The third-order valence-corrected chi connectivity index (χ3v) is 24.9. The molecule has 7 heterocycles. The topological polar surface area (TPSA) is 415 Å². The number of nitrogens with two attached hydrogens (primary N) is 2. The van der Waals surface area contributed by atoms with Gasteiger partial charge in [-0.3, -0.25) is 19.2 Å². The lowest BCUT2D eigenvalue weighted by atomic mass is 9.78. The molecule has 127 heavy (non-hydrogen) atoms. The van der Waals surface area contributed by atoms with E-state index in [0.717, 1.165) is 35.1 Å². The van der Waals surface area contributed by atoms with Gasteiger partial charge >= 0.3 is 5.97 Å². The van der Waals surface area contributed by atoms with Gasteiger partial charge in [-0.1, -0.05) is 89.3 Å². The maximum absolute atomic E-state index is 14.8. The molecule has 2 saturated heterocycles. The van der Waals surface area contributed by atoms with Crippen LogP contribution >= 0.6 is 12.2 Å². The Kier molecular flexibility index (Phi) is 40.9. The molecule has 2 amide bonds. The number of thiocarbonyl (C=S) groups is 1. The zero-order chi connectivity index (χ0) is 90.9. The van der Waals surface area contributed by atoms with Gasteiger partial charge < -0.3 is 113 Å². The van der Waals surface area contributed by atoms with Crippen LogP contribution in [0.4, 0.5) is 11.8 Å². The van der Waals surface area contributed by atoms with Crippen LogP contribution in [-0.2, 0) is 110 Å². The smallest absolute Gasteiger partial charge is 0.329 e. The van der Waals surface area contributed by atoms with Crippen molar-refractivity contribution in [3.8, 4) is 11.3 Å². The van der Waals surface area contributed by atoms with E-state index >= 15 is 0 Å². The lowest BCUT2D eigenvalue weighted by Crippen LogP contribution is -2.61. The summed E-state index contributed by atoms with van der Waals surface area (Å²) >= 11 is 5.62. The molecule has 5 aromatic rings. The van der Waals surface area contributed by atoms with Crippen LogP contribution in [0.25, 0.3) is 33.4 Å². The van der Waals surface area contributed by atoms with Gasteiger partial charge in [0.2, 0.25) is 11.7 Å². The Morgan fingerprint density at radius 3 is 2.06 bits per heavy atom. The number of carbonyl (C=O) groups excluding carboxylic acids is 5. The van der Waals surface area contributed by atoms with Crippen LogP contribution in [0.2, 0.25) is 0 Å². The Morgan fingerprint density at radius 2 is 1.39 bits per heavy atom. The number of aromatic nitrogens is 5. The van der Waals surface area contributed by atoms with Gasteiger partial charge in [0.15, 0.2) is 17.0 Å². The number of hydrogen-bond acceptors (Lipinski definition) is 30. The second kappa shape index (κ2) is 51.5. The highest BCUT2D eigenvalue weighted by Crippen LogP contribution is 2.40. The van der Waals surface area contributed by atoms with Crippen LogP contribution < -0.4 is 16.8 Å². The number of fused-ring (bicyclic) bond motifs is 6. The van der Waals surface area contributed by atoms with Crippen molar-refractivity contribution >= 4 is 80.7 Å². The first-order valence-electron chi connectivity index (χ1n) is 45.0. The number of piperidine rings is 1. The van der Waals surface area contributed by atoms with Crippen LogP contribution in [0.5, 0.6) is 0 Å². The molecule has 33 nitrogen and oxygen atoms in total. The van der Waals surface area contributed by atoms with Gasteiger partial charge in [0.1, 0.15) is 53.8 Å². The highest BCUT2D eigenvalue weighted by Gasteiger charge is 2.53. The molecular formula is C93H136N10O23S. The molecular weight excluding hydrogens is 1660 g/mol. The number of cyclic esters (lactones) is 1. The molecule has 5 aliphatic rings. The summed E-state index contributed by atoms with van der Waals surface area (Å²) in [5, 5.41) is 44.9. The number of hydrogen-bond donors (Lipinski definition) is 6. The number of ketones is 2. The van der Waals surface area contributed by atoms with Gasteiger partial charge in [0.05, 0.1) is 148 Å². The number of aliphatic hydroxyl groups is 3. The van der Waals surface area contributed by atoms with E-state index in [1.54, 1.807) is 47.1 Å². The Morgan fingerprint density at radius 1 is 0.717 bits per heavy atom. The number of Topliss-reactive ketones (excluding diaryl/α,β-unsaturated/α-hetero) is 2. The number of aliphatic hydroxyl groups excluding tert-OH is 2. The predicted molar refractivity (Wildman–Crippen MR) is 479 cm³/mol. The summed E-state index contributed by atoms with van der Waals surface area (Å²) in [7, 11) is 4.60. The van der Waals surface area contributed by atoms with Gasteiger partial charge in [-0.05, 0) is 160 Å². The van der Waals surface area contributed by atoms with E-state index in [4.69, 9.17) is 99.5 Å². The Hall–Kier alpha value is -8.14. The third kappa shape index (κ3) is 29.7. The molecule has 2 bridgehead atoms. The Balaban J connectivity index is 0.552. The maximum atomic E-state index is 14.8. The lowest BCUT2D eigenvalue weighted by Gasteiger charge is -2.43. The summed E-state index contributed by atoms with van der Waals surface area (Å²) in [6, 6.07) is 10.8. The number of methoxy groups -OCH3 is 3. The molecule has 3 fully saturated rings. The van der Waals surface area contributed by atoms with Gasteiger partial charge in [0.25, 0.3) is 22.9 Å². The molecule has 34 heteroatoms. The number of rotatable bonds is 37. The first-order valence-corrected chi connectivity index (χ1v) is 45.4. The van der Waals surface area contributed by atoms with Gasteiger partial charge in [-0.2, -0.15) is 10.1 Å². The summed E-state index contributed by atoms with van der Waals surface area (Å²) in [5.41, 5.74) is 20.0. The number of benzene rings is 2. The number of amides is 2. The van der Waals surface area contributed by atoms with Crippen LogP contribution in [0, 0.1) is 35.5 Å². The fourth-order valence-electron chi connectivity index (χ4n) is 17.3. The molecule has 3 aromatic heterocycles. The number of carbonyl (C=O) groups is 5. The zero-order valence-corrected chi connectivity index (χ0v) is 76.4. The first-order chi connectivity index (χ1) is 61.3. The van der Waals surface area contributed by atoms with Crippen molar-refractivity contribution in [2.45, 2.75) is 212 Å². The number of anilines is 2. The van der Waals surface area contributed by atoms with Crippen molar-refractivity contribution < 1.29 is 110 Å². The average molecular weight is 1790 g/mol. The molecule has 16 atom stereocenters. The number of ether oxygens (including phenoxy) is 14. The van der Waals surface area contributed by atoms with E-state index in [2.05, 4.69) is 38.5 Å². The summed E-state index contributed by atoms with van der Waals surface area (Å²) < 4.78 is 89.2. The molecule has 0 radical (unpaired) electrons. The molecule has 0 spiro atoms. The van der Waals surface area contributed by atoms with Crippen LogP contribution in [0.1, 0.15) is 149 Å². The second-order valence-corrected chi connectivity index (χ2v) is 34.5. The van der Waals surface area contributed by atoms with E-state index in [1.807, 2.05) is 79.8 Å². The molecule has 702 valence electrons. The molecule has 1 saturated carbocycles. The third-order valence-electron chi connectivity index (χ3n) is 24.7. The lowest BCUT2D eigenvalue weighted by molar-refractivity contribution is -0.265. The van der Waals surface area contributed by atoms with Crippen molar-refractivity contribution in [1.29, 1.82) is 0 Å².